The molecule has 20 heavy (non-hydrogen) atoms. The number of halogens is 4. The first-order valence-electron chi connectivity index (χ1n) is 5.86. The maximum Gasteiger partial charge on any atom is 0.433 e. The molecule has 0 aliphatic rings. The summed E-state index contributed by atoms with van der Waals surface area (Å²) in [7, 11) is 0. The first-order chi connectivity index (χ1) is 9.38. The van der Waals surface area contributed by atoms with Crippen molar-refractivity contribution < 1.29 is 13.2 Å². The molecule has 0 saturated carbocycles. The van der Waals surface area contributed by atoms with Crippen LogP contribution in [0.15, 0.2) is 30.3 Å². The summed E-state index contributed by atoms with van der Waals surface area (Å²) < 4.78 is 37.8. The fraction of sp³-hybridized carbons (Fsp3) is 0.231. The summed E-state index contributed by atoms with van der Waals surface area (Å²) in [4.78, 5) is 6.89. The van der Waals surface area contributed by atoms with Gasteiger partial charge in [0.15, 0.2) is 5.69 Å². The van der Waals surface area contributed by atoms with Crippen LogP contribution in [0.25, 0.3) is 0 Å². The predicted octanol–water partition coefficient (Wildman–Crippen LogP) is 4.45. The molecule has 0 atom stereocenters. The Morgan fingerprint density at radius 1 is 1.15 bits per heavy atom. The van der Waals surface area contributed by atoms with E-state index in [0.717, 1.165) is 18.1 Å². The molecule has 1 heterocycles. The number of anilines is 2. The Labute approximate surface area is 118 Å². The lowest BCUT2D eigenvalue weighted by Crippen LogP contribution is -2.10. The third-order valence-corrected chi connectivity index (χ3v) is 2.79. The van der Waals surface area contributed by atoms with Crippen LogP contribution < -0.4 is 5.32 Å². The van der Waals surface area contributed by atoms with Gasteiger partial charge in [0.2, 0.25) is 5.28 Å². The Morgan fingerprint density at radius 2 is 1.80 bits per heavy atom. The molecule has 1 aromatic carbocycles. The average molecular weight is 302 g/mol. The standard InChI is InChI=1S/C13H11ClF3N3/c1-2-8-3-5-9(6-4-8)18-11-7-10(13(15,16)17)19-12(14)20-11/h3-7H,2H2,1H3,(H,18,19,20). The third kappa shape index (κ3) is 3.60. The fourth-order valence-corrected chi connectivity index (χ4v) is 1.78. The number of alkyl halides is 3. The highest BCUT2D eigenvalue weighted by atomic mass is 35.5. The molecule has 0 bridgehead atoms. The van der Waals surface area contributed by atoms with Crippen LogP contribution in [0.4, 0.5) is 24.7 Å². The molecule has 1 N–H and O–H groups in total. The molecule has 0 saturated heterocycles. The zero-order chi connectivity index (χ0) is 14.8. The molecule has 0 fully saturated rings. The van der Waals surface area contributed by atoms with Gasteiger partial charge in [0, 0.05) is 11.8 Å². The van der Waals surface area contributed by atoms with Crippen LogP contribution in [0.1, 0.15) is 18.2 Å². The van der Waals surface area contributed by atoms with E-state index in [1.165, 1.54) is 0 Å². The van der Waals surface area contributed by atoms with Crippen LogP contribution in [0.5, 0.6) is 0 Å². The SMILES string of the molecule is CCc1ccc(Nc2cc(C(F)(F)F)nc(Cl)n2)cc1. The topological polar surface area (TPSA) is 37.8 Å². The van der Waals surface area contributed by atoms with Gasteiger partial charge in [-0.3, -0.25) is 0 Å². The molecular formula is C13H11ClF3N3. The van der Waals surface area contributed by atoms with Gasteiger partial charge in [0.1, 0.15) is 5.82 Å². The number of benzene rings is 1. The van der Waals surface area contributed by atoms with Crippen LogP contribution >= 0.6 is 11.6 Å². The summed E-state index contributed by atoms with van der Waals surface area (Å²) in [6, 6.07) is 8.12. The summed E-state index contributed by atoms with van der Waals surface area (Å²) in [5.74, 6) is 0.00146. The van der Waals surface area contributed by atoms with E-state index in [4.69, 9.17) is 11.6 Å². The monoisotopic (exact) mass is 301 g/mol. The van der Waals surface area contributed by atoms with Crippen molar-refractivity contribution in [2.24, 2.45) is 0 Å². The van der Waals surface area contributed by atoms with Crippen LogP contribution in [0.2, 0.25) is 5.28 Å². The predicted molar refractivity (Wildman–Crippen MR) is 71.1 cm³/mol. The highest BCUT2D eigenvalue weighted by Gasteiger charge is 2.33. The van der Waals surface area contributed by atoms with Gasteiger partial charge in [-0.25, -0.2) is 9.97 Å². The molecular weight excluding hydrogens is 291 g/mol. The number of nitrogens with zero attached hydrogens (tertiary/aromatic N) is 2. The molecule has 106 valence electrons. The summed E-state index contributed by atoms with van der Waals surface area (Å²) in [5.41, 5.74) is 0.683. The Balaban J connectivity index is 2.26. The van der Waals surface area contributed by atoms with Crippen molar-refractivity contribution in [2.75, 3.05) is 5.32 Å². The van der Waals surface area contributed by atoms with E-state index in [1.807, 2.05) is 19.1 Å². The summed E-state index contributed by atoms with van der Waals surface area (Å²) in [6.45, 7) is 2.02. The minimum absolute atomic E-state index is 0.00146. The van der Waals surface area contributed by atoms with Crippen LogP contribution in [0, 0.1) is 0 Å². The van der Waals surface area contributed by atoms with Crippen LogP contribution in [-0.2, 0) is 12.6 Å². The molecule has 1 aromatic heterocycles. The first kappa shape index (κ1) is 14.6. The van der Waals surface area contributed by atoms with Gasteiger partial charge in [0.05, 0.1) is 0 Å². The lowest BCUT2D eigenvalue weighted by molar-refractivity contribution is -0.141. The summed E-state index contributed by atoms with van der Waals surface area (Å²) in [6.07, 6.45) is -3.67. The van der Waals surface area contributed by atoms with Crippen molar-refractivity contribution in [3.05, 3.63) is 46.9 Å². The molecule has 2 aromatic rings. The van der Waals surface area contributed by atoms with Gasteiger partial charge in [-0.05, 0) is 35.7 Å². The second kappa shape index (κ2) is 5.66. The van der Waals surface area contributed by atoms with E-state index >= 15 is 0 Å². The Morgan fingerprint density at radius 3 is 2.35 bits per heavy atom. The number of hydrogen-bond donors (Lipinski definition) is 1. The zero-order valence-electron chi connectivity index (χ0n) is 10.5. The van der Waals surface area contributed by atoms with Crippen LogP contribution in [0.3, 0.4) is 0 Å². The van der Waals surface area contributed by atoms with Crippen molar-refractivity contribution in [3.63, 3.8) is 0 Å². The maximum atomic E-state index is 12.6. The molecule has 0 aliphatic heterocycles. The van der Waals surface area contributed by atoms with Crippen molar-refractivity contribution in [3.8, 4) is 0 Å². The smallest absolute Gasteiger partial charge is 0.340 e. The Hall–Kier alpha value is -1.82. The van der Waals surface area contributed by atoms with E-state index in [1.54, 1.807) is 12.1 Å². The largest absolute Gasteiger partial charge is 0.433 e. The lowest BCUT2D eigenvalue weighted by Gasteiger charge is -2.10. The molecule has 2 rings (SSSR count). The maximum absolute atomic E-state index is 12.6. The highest BCUT2D eigenvalue weighted by Crippen LogP contribution is 2.30. The number of rotatable bonds is 3. The number of aryl methyl sites for hydroxylation is 1. The number of hydrogen-bond acceptors (Lipinski definition) is 3. The van der Waals surface area contributed by atoms with Crippen molar-refractivity contribution >= 4 is 23.1 Å². The molecule has 0 amide bonds. The lowest BCUT2D eigenvalue weighted by atomic mass is 10.1. The molecule has 0 aliphatic carbocycles. The van der Waals surface area contributed by atoms with E-state index in [2.05, 4.69) is 15.3 Å². The first-order valence-corrected chi connectivity index (χ1v) is 6.24. The average Bonchev–Trinajstić information content (AvgIpc) is 2.38. The second-order valence-corrected chi connectivity index (χ2v) is 4.42. The molecule has 0 unspecified atom stereocenters. The van der Waals surface area contributed by atoms with Gasteiger partial charge in [-0.15, -0.1) is 0 Å². The highest BCUT2D eigenvalue weighted by molar-refractivity contribution is 6.28. The quantitative estimate of drug-likeness (QED) is 0.851. The van der Waals surface area contributed by atoms with Crippen molar-refractivity contribution in [2.45, 2.75) is 19.5 Å². The van der Waals surface area contributed by atoms with Gasteiger partial charge >= 0.3 is 6.18 Å². The summed E-state index contributed by atoms with van der Waals surface area (Å²) >= 11 is 5.51. The molecule has 0 radical (unpaired) electrons. The van der Waals surface area contributed by atoms with Crippen LogP contribution in [-0.4, -0.2) is 9.97 Å². The van der Waals surface area contributed by atoms with E-state index < -0.39 is 17.2 Å². The Kier molecular flexibility index (Phi) is 4.13. The molecule has 0 spiro atoms. The summed E-state index contributed by atoms with van der Waals surface area (Å²) in [5, 5.41) is 2.32. The fourth-order valence-electron chi connectivity index (χ4n) is 1.60. The molecule has 3 nitrogen and oxygen atoms in total. The van der Waals surface area contributed by atoms with Gasteiger partial charge in [-0.1, -0.05) is 19.1 Å². The molecule has 7 heteroatoms. The zero-order valence-corrected chi connectivity index (χ0v) is 11.3. The van der Waals surface area contributed by atoms with Gasteiger partial charge in [-0.2, -0.15) is 13.2 Å². The Bertz CT molecular complexity index is 597. The van der Waals surface area contributed by atoms with E-state index in [-0.39, 0.29) is 5.82 Å². The van der Waals surface area contributed by atoms with E-state index in [9.17, 15) is 13.2 Å². The third-order valence-electron chi connectivity index (χ3n) is 2.62. The number of nitrogens with one attached hydrogen (secondary N) is 1. The minimum atomic E-state index is -4.56. The normalized spacial score (nSPS) is 11.4. The van der Waals surface area contributed by atoms with E-state index in [0.29, 0.717) is 5.69 Å². The second-order valence-electron chi connectivity index (χ2n) is 4.08. The number of aromatic nitrogens is 2. The van der Waals surface area contributed by atoms with Gasteiger partial charge < -0.3 is 5.32 Å². The van der Waals surface area contributed by atoms with Crippen molar-refractivity contribution in [1.82, 2.24) is 9.97 Å². The van der Waals surface area contributed by atoms with Gasteiger partial charge in [0.25, 0.3) is 0 Å². The van der Waals surface area contributed by atoms with Crippen molar-refractivity contribution in [1.29, 1.82) is 0 Å². The minimum Gasteiger partial charge on any atom is -0.340 e.